The molecule has 1 fully saturated rings. The lowest BCUT2D eigenvalue weighted by Crippen LogP contribution is -2.55. The van der Waals surface area contributed by atoms with Gasteiger partial charge in [-0.2, -0.15) is 0 Å². The van der Waals surface area contributed by atoms with Gasteiger partial charge < -0.3 is 35.0 Å². The van der Waals surface area contributed by atoms with E-state index in [1.165, 1.54) is 0 Å². The molecule has 1 heterocycles. The number of carbonyl (C=O) groups excluding carboxylic acids is 4. The molecule has 0 unspecified atom stereocenters. The van der Waals surface area contributed by atoms with Crippen molar-refractivity contribution in [3.8, 4) is 0 Å². The van der Waals surface area contributed by atoms with Crippen LogP contribution in [0.5, 0.6) is 0 Å². The van der Waals surface area contributed by atoms with Crippen molar-refractivity contribution in [2.24, 2.45) is 17.8 Å². The number of benzene rings is 3. The van der Waals surface area contributed by atoms with Crippen molar-refractivity contribution >= 4 is 24.0 Å². The molecule has 55 heavy (non-hydrogen) atoms. The summed E-state index contributed by atoms with van der Waals surface area (Å²) in [6.07, 6.45) is 0.00311. The Kier molecular flexibility index (Phi) is 16.1. The molecule has 3 aromatic rings. The number of hydrogen-bond acceptors (Lipinski definition) is 7. The Balaban J connectivity index is 1.40. The monoisotopic (exact) mass is 756 g/mol. The highest BCUT2D eigenvalue weighted by atomic mass is 16.6. The summed E-state index contributed by atoms with van der Waals surface area (Å²) >= 11 is 0. The number of piperidine rings is 1. The first-order valence-electron chi connectivity index (χ1n) is 19.4. The fourth-order valence-electron chi connectivity index (χ4n) is 6.86. The van der Waals surface area contributed by atoms with Gasteiger partial charge in [0.05, 0.1) is 12.1 Å². The van der Waals surface area contributed by atoms with E-state index >= 15 is 0 Å². The third-order valence-electron chi connectivity index (χ3n) is 9.89. The van der Waals surface area contributed by atoms with Crippen molar-refractivity contribution in [1.29, 1.82) is 0 Å². The SMILES string of the molecule is CC(C)[C@H](NC(=O)[C@@H](Cc1ccccc1)C[C@H](O)[C@@H](Cc1ccccc1)NC(=O)OC(C)(C)C)C(=O)N1CCC(CN(C)C(=O)OCc2ccccc2)CC1. The maximum atomic E-state index is 14.2. The highest BCUT2D eigenvalue weighted by Gasteiger charge is 2.35. The van der Waals surface area contributed by atoms with Crippen LogP contribution >= 0.6 is 0 Å². The highest BCUT2D eigenvalue weighted by molar-refractivity contribution is 5.89. The Morgan fingerprint density at radius 1 is 0.818 bits per heavy atom. The largest absolute Gasteiger partial charge is 0.445 e. The van der Waals surface area contributed by atoms with E-state index in [-0.39, 0.29) is 42.8 Å². The third kappa shape index (κ3) is 14.4. The van der Waals surface area contributed by atoms with Gasteiger partial charge in [-0.3, -0.25) is 9.59 Å². The second-order valence-corrected chi connectivity index (χ2v) is 16.1. The summed E-state index contributed by atoms with van der Waals surface area (Å²) < 4.78 is 11.0. The van der Waals surface area contributed by atoms with E-state index in [0.717, 1.165) is 29.5 Å². The molecule has 4 amide bonds. The number of alkyl carbamates (subject to hydrolysis) is 1. The summed E-state index contributed by atoms with van der Waals surface area (Å²) in [7, 11) is 1.73. The van der Waals surface area contributed by atoms with Gasteiger partial charge in [-0.15, -0.1) is 0 Å². The number of rotatable bonds is 16. The van der Waals surface area contributed by atoms with Gasteiger partial charge in [-0.05, 0) is 81.4 Å². The van der Waals surface area contributed by atoms with E-state index in [4.69, 9.17) is 9.47 Å². The minimum absolute atomic E-state index is 0.0414. The third-order valence-corrected chi connectivity index (χ3v) is 9.89. The van der Waals surface area contributed by atoms with Gasteiger partial charge >= 0.3 is 12.2 Å². The van der Waals surface area contributed by atoms with Gasteiger partial charge in [0.25, 0.3) is 0 Å². The molecule has 1 aliphatic rings. The van der Waals surface area contributed by atoms with Crippen LogP contribution in [0.4, 0.5) is 9.59 Å². The first-order chi connectivity index (χ1) is 26.2. The zero-order valence-electron chi connectivity index (χ0n) is 33.3. The Morgan fingerprint density at radius 2 is 1.35 bits per heavy atom. The number of aliphatic hydroxyl groups excluding tert-OH is 1. The number of ether oxygens (including phenoxy) is 2. The zero-order chi connectivity index (χ0) is 40.0. The Bertz CT molecular complexity index is 1640. The summed E-state index contributed by atoms with van der Waals surface area (Å²) in [6.45, 7) is 10.9. The topological polar surface area (TPSA) is 138 Å². The molecule has 0 bridgehead atoms. The number of nitrogens with one attached hydrogen (secondary N) is 2. The van der Waals surface area contributed by atoms with Crippen molar-refractivity contribution in [1.82, 2.24) is 20.4 Å². The van der Waals surface area contributed by atoms with E-state index in [1.807, 2.05) is 105 Å². The van der Waals surface area contributed by atoms with E-state index < -0.39 is 35.8 Å². The minimum Gasteiger partial charge on any atom is -0.445 e. The standard InChI is InChI=1S/C44H60N4O7/c1-31(2)39(41(51)48-24-22-34(23-25-48)29-47(6)43(53)54-30-35-20-14-9-15-21-35)46-40(50)36(26-32-16-10-7-11-17-32)28-38(49)37(27-33-18-12-8-13-19-33)45-42(52)55-44(3,4)5/h7-21,31,34,36-39,49H,22-30H2,1-6H3,(H,45,52)(H,46,50)/t36-,37+,38-,39-/m0/s1. The fourth-order valence-corrected chi connectivity index (χ4v) is 6.86. The summed E-state index contributed by atoms with van der Waals surface area (Å²) in [6, 6.07) is 27.1. The average molecular weight is 757 g/mol. The summed E-state index contributed by atoms with van der Waals surface area (Å²) in [5, 5.41) is 17.6. The van der Waals surface area contributed by atoms with Crippen LogP contribution in [0.1, 0.15) is 70.6 Å². The van der Waals surface area contributed by atoms with Gasteiger partial charge in [0.15, 0.2) is 0 Å². The molecule has 11 heteroatoms. The van der Waals surface area contributed by atoms with E-state index in [2.05, 4.69) is 10.6 Å². The van der Waals surface area contributed by atoms with Crippen LogP contribution in [0.3, 0.4) is 0 Å². The second-order valence-electron chi connectivity index (χ2n) is 16.1. The number of aliphatic hydroxyl groups is 1. The molecular formula is C44H60N4O7. The number of amides is 4. The maximum Gasteiger partial charge on any atom is 0.409 e. The predicted molar refractivity (Wildman–Crippen MR) is 213 cm³/mol. The zero-order valence-corrected chi connectivity index (χ0v) is 33.3. The van der Waals surface area contributed by atoms with Crippen molar-refractivity contribution in [3.05, 3.63) is 108 Å². The van der Waals surface area contributed by atoms with Crippen LogP contribution < -0.4 is 10.6 Å². The van der Waals surface area contributed by atoms with Crippen LogP contribution in [-0.2, 0) is 38.5 Å². The molecule has 3 N–H and O–H groups in total. The molecule has 298 valence electrons. The van der Waals surface area contributed by atoms with Crippen LogP contribution in [-0.4, -0.2) is 89.4 Å². The van der Waals surface area contributed by atoms with Crippen LogP contribution in [0.2, 0.25) is 0 Å². The smallest absolute Gasteiger partial charge is 0.409 e. The number of nitrogens with zero attached hydrogens (tertiary/aromatic N) is 2. The van der Waals surface area contributed by atoms with Crippen LogP contribution in [0, 0.1) is 17.8 Å². The minimum atomic E-state index is -1.10. The number of carbonyl (C=O) groups is 4. The quantitative estimate of drug-likeness (QED) is 0.154. The van der Waals surface area contributed by atoms with Crippen molar-refractivity contribution in [2.45, 2.75) is 97.1 Å². The molecular weight excluding hydrogens is 697 g/mol. The van der Waals surface area contributed by atoms with Crippen molar-refractivity contribution in [3.63, 3.8) is 0 Å². The lowest BCUT2D eigenvalue weighted by atomic mass is 9.88. The lowest BCUT2D eigenvalue weighted by Gasteiger charge is -2.37. The van der Waals surface area contributed by atoms with Crippen molar-refractivity contribution in [2.75, 3.05) is 26.7 Å². The molecule has 3 aromatic carbocycles. The van der Waals surface area contributed by atoms with Gasteiger partial charge in [-0.25, -0.2) is 9.59 Å². The molecule has 0 aliphatic carbocycles. The van der Waals surface area contributed by atoms with Gasteiger partial charge in [0, 0.05) is 32.6 Å². The molecule has 1 aliphatic heterocycles. The molecule has 0 saturated carbocycles. The fraction of sp³-hybridized carbons (Fsp3) is 0.500. The number of likely N-dealkylation sites (tertiary alicyclic amines) is 1. The molecule has 11 nitrogen and oxygen atoms in total. The summed E-state index contributed by atoms with van der Waals surface area (Å²) in [4.78, 5) is 57.1. The van der Waals surface area contributed by atoms with Crippen LogP contribution in [0.25, 0.3) is 0 Å². The second kappa shape index (κ2) is 20.7. The van der Waals surface area contributed by atoms with E-state index in [9.17, 15) is 24.3 Å². The maximum absolute atomic E-state index is 14.2. The Hall–Kier alpha value is -4.90. The first kappa shape index (κ1) is 42.8. The molecule has 4 atom stereocenters. The van der Waals surface area contributed by atoms with Gasteiger partial charge in [0.1, 0.15) is 18.2 Å². The van der Waals surface area contributed by atoms with Crippen molar-refractivity contribution < 1.29 is 33.8 Å². The molecule has 1 saturated heterocycles. The normalized spacial score (nSPS) is 15.7. The summed E-state index contributed by atoms with van der Waals surface area (Å²) in [5.74, 6) is -1.17. The predicted octanol–water partition coefficient (Wildman–Crippen LogP) is 6.38. The Morgan fingerprint density at radius 3 is 1.87 bits per heavy atom. The molecule has 0 radical (unpaired) electrons. The Labute approximate surface area is 326 Å². The molecule has 4 rings (SSSR count). The van der Waals surface area contributed by atoms with Gasteiger partial charge in [0.2, 0.25) is 11.8 Å². The lowest BCUT2D eigenvalue weighted by molar-refractivity contribution is -0.140. The molecule has 0 aromatic heterocycles. The highest BCUT2D eigenvalue weighted by Crippen LogP contribution is 2.23. The van der Waals surface area contributed by atoms with E-state index in [1.54, 1.807) is 37.6 Å². The summed E-state index contributed by atoms with van der Waals surface area (Å²) in [5.41, 5.74) is 2.02. The molecule has 0 spiro atoms. The van der Waals surface area contributed by atoms with E-state index in [0.29, 0.717) is 32.5 Å². The average Bonchev–Trinajstić information content (AvgIpc) is 3.15. The van der Waals surface area contributed by atoms with Crippen LogP contribution in [0.15, 0.2) is 91.0 Å². The number of hydrogen-bond donors (Lipinski definition) is 3. The first-order valence-corrected chi connectivity index (χ1v) is 19.4. The van der Waals surface area contributed by atoms with Gasteiger partial charge in [-0.1, -0.05) is 105 Å².